The van der Waals surface area contributed by atoms with E-state index in [1.807, 2.05) is 25.4 Å². The van der Waals surface area contributed by atoms with E-state index in [0.717, 1.165) is 31.0 Å². The molecule has 1 unspecified atom stereocenters. The Morgan fingerprint density at radius 3 is 3.17 bits per heavy atom. The van der Waals surface area contributed by atoms with E-state index in [-0.39, 0.29) is 0 Å². The van der Waals surface area contributed by atoms with Crippen LogP contribution in [0.1, 0.15) is 25.0 Å². The molecule has 0 bridgehead atoms. The SMILES string of the molecule is CNCc1cc(OCCC2CCCN2C)ccn1. The van der Waals surface area contributed by atoms with Gasteiger partial charge in [0.15, 0.2) is 0 Å². The molecule has 1 aliphatic rings. The molecule has 2 rings (SSSR count). The molecule has 1 aromatic rings. The normalized spacial score (nSPS) is 20.2. The maximum absolute atomic E-state index is 5.81. The predicted octanol–water partition coefficient (Wildman–Crippen LogP) is 1.66. The fourth-order valence-corrected chi connectivity index (χ4v) is 2.48. The fraction of sp³-hybridized carbons (Fsp3) is 0.643. The molecule has 0 amide bonds. The van der Waals surface area contributed by atoms with Crippen LogP contribution >= 0.6 is 0 Å². The smallest absolute Gasteiger partial charge is 0.122 e. The van der Waals surface area contributed by atoms with Crippen molar-refractivity contribution in [3.8, 4) is 5.75 Å². The molecule has 18 heavy (non-hydrogen) atoms. The highest BCUT2D eigenvalue weighted by Crippen LogP contribution is 2.18. The van der Waals surface area contributed by atoms with Crippen LogP contribution in [0, 0.1) is 0 Å². The van der Waals surface area contributed by atoms with Gasteiger partial charge in [-0.05, 0) is 46.0 Å². The number of hydrogen-bond acceptors (Lipinski definition) is 4. The van der Waals surface area contributed by atoms with Gasteiger partial charge in [0, 0.05) is 24.8 Å². The number of likely N-dealkylation sites (tertiary alicyclic amines) is 1. The summed E-state index contributed by atoms with van der Waals surface area (Å²) in [5.74, 6) is 0.927. The molecule has 2 heterocycles. The molecule has 1 atom stereocenters. The van der Waals surface area contributed by atoms with Gasteiger partial charge in [-0.1, -0.05) is 0 Å². The molecule has 100 valence electrons. The number of nitrogens with one attached hydrogen (secondary N) is 1. The van der Waals surface area contributed by atoms with Crippen molar-refractivity contribution < 1.29 is 4.74 Å². The second-order valence-electron chi connectivity index (χ2n) is 4.93. The first-order valence-electron chi connectivity index (χ1n) is 6.72. The van der Waals surface area contributed by atoms with E-state index >= 15 is 0 Å². The lowest BCUT2D eigenvalue weighted by atomic mass is 10.1. The van der Waals surface area contributed by atoms with Gasteiger partial charge >= 0.3 is 0 Å². The Morgan fingerprint density at radius 1 is 1.56 bits per heavy atom. The first-order valence-corrected chi connectivity index (χ1v) is 6.72. The van der Waals surface area contributed by atoms with Crippen LogP contribution in [0.25, 0.3) is 0 Å². The van der Waals surface area contributed by atoms with Crippen molar-refractivity contribution in [2.24, 2.45) is 0 Å². The lowest BCUT2D eigenvalue weighted by molar-refractivity contribution is 0.233. The molecule has 0 spiro atoms. The molecule has 1 aromatic heterocycles. The standard InChI is InChI=1S/C14H23N3O/c1-15-11-12-10-14(5-7-16-12)18-9-6-13-4-3-8-17(13)2/h5,7,10,13,15H,3-4,6,8-9,11H2,1-2H3. The summed E-state index contributed by atoms with van der Waals surface area (Å²) >= 11 is 0. The number of pyridine rings is 1. The quantitative estimate of drug-likeness (QED) is 0.832. The van der Waals surface area contributed by atoms with Gasteiger partial charge in [-0.25, -0.2) is 0 Å². The maximum atomic E-state index is 5.81. The third-order valence-electron chi connectivity index (χ3n) is 3.54. The lowest BCUT2D eigenvalue weighted by Gasteiger charge is -2.19. The second-order valence-corrected chi connectivity index (χ2v) is 4.93. The third-order valence-corrected chi connectivity index (χ3v) is 3.54. The second kappa shape index (κ2) is 6.71. The highest BCUT2D eigenvalue weighted by molar-refractivity contribution is 5.22. The maximum Gasteiger partial charge on any atom is 0.122 e. The number of aromatic nitrogens is 1. The van der Waals surface area contributed by atoms with Crippen molar-refractivity contribution in [2.75, 3.05) is 27.2 Å². The zero-order valence-corrected chi connectivity index (χ0v) is 11.4. The van der Waals surface area contributed by atoms with Gasteiger partial charge in [-0.2, -0.15) is 0 Å². The molecular weight excluding hydrogens is 226 g/mol. The van der Waals surface area contributed by atoms with Gasteiger partial charge in [-0.15, -0.1) is 0 Å². The zero-order chi connectivity index (χ0) is 12.8. The van der Waals surface area contributed by atoms with E-state index in [1.54, 1.807) is 0 Å². The highest BCUT2D eigenvalue weighted by Gasteiger charge is 2.20. The van der Waals surface area contributed by atoms with E-state index < -0.39 is 0 Å². The Morgan fingerprint density at radius 2 is 2.44 bits per heavy atom. The van der Waals surface area contributed by atoms with Crippen LogP contribution in [0.3, 0.4) is 0 Å². The highest BCUT2D eigenvalue weighted by atomic mass is 16.5. The Balaban J connectivity index is 1.77. The van der Waals surface area contributed by atoms with Crippen LogP contribution in [0.4, 0.5) is 0 Å². The van der Waals surface area contributed by atoms with Crippen molar-refractivity contribution >= 4 is 0 Å². The van der Waals surface area contributed by atoms with Gasteiger partial charge in [0.05, 0.1) is 12.3 Å². The van der Waals surface area contributed by atoms with Crippen molar-refractivity contribution in [1.29, 1.82) is 0 Å². The minimum absolute atomic E-state index is 0.698. The van der Waals surface area contributed by atoms with Crippen molar-refractivity contribution in [2.45, 2.75) is 31.8 Å². The fourth-order valence-electron chi connectivity index (χ4n) is 2.48. The van der Waals surface area contributed by atoms with E-state index in [0.29, 0.717) is 6.04 Å². The van der Waals surface area contributed by atoms with Crippen LogP contribution in [-0.4, -0.2) is 43.2 Å². The van der Waals surface area contributed by atoms with E-state index in [9.17, 15) is 0 Å². The van der Waals surface area contributed by atoms with Crippen LogP contribution in [-0.2, 0) is 6.54 Å². The summed E-state index contributed by atoms with van der Waals surface area (Å²) in [5, 5.41) is 3.09. The average molecular weight is 249 g/mol. The topological polar surface area (TPSA) is 37.4 Å². The molecule has 1 aliphatic heterocycles. The first kappa shape index (κ1) is 13.3. The molecule has 0 radical (unpaired) electrons. The van der Waals surface area contributed by atoms with Crippen LogP contribution < -0.4 is 10.1 Å². The van der Waals surface area contributed by atoms with E-state index in [1.165, 1.54) is 19.4 Å². The summed E-state index contributed by atoms with van der Waals surface area (Å²) in [7, 11) is 4.13. The minimum atomic E-state index is 0.698. The van der Waals surface area contributed by atoms with Gasteiger partial charge in [0.2, 0.25) is 0 Å². The largest absolute Gasteiger partial charge is 0.493 e. The van der Waals surface area contributed by atoms with E-state index in [2.05, 4.69) is 22.2 Å². The Kier molecular flexibility index (Phi) is 4.96. The summed E-state index contributed by atoms with van der Waals surface area (Å²) in [4.78, 5) is 6.71. The van der Waals surface area contributed by atoms with Crippen LogP contribution in [0.5, 0.6) is 5.75 Å². The molecular formula is C14H23N3O. The van der Waals surface area contributed by atoms with Gasteiger partial charge in [0.1, 0.15) is 5.75 Å². The molecule has 0 saturated carbocycles. The zero-order valence-electron chi connectivity index (χ0n) is 11.4. The van der Waals surface area contributed by atoms with Gasteiger partial charge in [-0.3, -0.25) is 4.98 Å². The van der Waals surface area contributed by atoms with Crippen molar-refractivity contribution in [3.63, 3.8) is 0 Å². The minimum Gasteiger partial charge on any atom is -0.493 e. The molecule has 4 heteroatoms. The Labute approximate surface area is 109 Å². The average Bonchev–Trinajstić information content (AvgIpc) is 2.76. The monoisotopic (exact) mass is 249 g/mol. The summed E-state index contributed by atoms with van der Waals surface area (Å²) in [6.07, 6.45) is 5.55. The summed E-state index contributed by atoms with van der Waals surface area (Å²) in [5.41, 5.74) is 1.02. The first-order chi connectivity index (χ1) is 8.79. The number of rotatable bonds is 6. The van der Waals surface area contributed by atoms with Crippen molar-refractivity contribution in [1.82, 2.24) is 15.2 Å². The summed E-state index contributed by atoms with van der Waals surface area (Å²) in [6.45, 7) is 2.80. The molecule has 1 N–H and O–H groups in total. The molecule has 0 aliphatic carbocycles. The van der Waals surface area contributed by atoms with Gasteiger partial charge in [0.25, 0.3) is 0 Å². The predicted molar refractivity (Wildman–Crippen MR) is 72.8 cm³/mol. The lowest BCUT2D eigenvalue weighted by Crippen LogP contribution is -2.26. The Hall–Kier alpha value is -1.13. The summed E-state index contributed by atoms with van der Waals surface area (Å²) < 4.78 is 5.81. The molecule has 0 aromatic carbocycles. The number of ether oxygens (including phenoxy) is 1. The van der Waals surface area contributed by atoms with E-state index in [4.69, 9.17) is 4.74 Å². The molecule has 1 saturated heterocycles. The number of nitrogens with zero attached hydrogens (tertiary/aromatic N) is 2. The Bertz CT molecular complexity index is 370. The summed E-state index contributed by atoms with van der Waals surface area (Å²) in [6, 6.07) is 4.63. The molecule has 1 fully saturated rings. The van der Waals surface area contributed by atoms with Crippen LogP contribution in [0.2, 0.25) is 0 Å². The van der Waals surface area contributed by atoms with Crippen molar-refractivity contribution in [3.05, 3.63) is 24.0 Å². The van der Waals surface area contributed by atoms with Gasteiger partial charge < -0.3 is 15.0 Å². The number of hydrogen-bond donors (Lipinski definition) is 1. The molecule has 4 nitrogen and oxygen atoms in total. The van der Waals surface area contributed by atoms with Crippen LogP contribution in [0.15, 0.2) is 18.3 Å². The third kappa shape index (κ3) is 3.68.